The summed E-state index contributed by atoms with van der Waals surface area (Å²) in [6, 6.07) is 22.8. The second kappa shape index (κ2) is 16.0. The Labute approximate surface area is 310 Å². The molecular formula is C37H36BrN3O6S3. The molecule has 0 radical (unpaired) electrons. The number of rotatable bonds is 11. The van der Waals surface area contributed by atoms with Crippen LogP contribution in [0, 0.1) is 6.92 Å². The highest BCUT2D eigenvalue weighted by Crippen LogP contribution is 2.37. The largest absolute Gasteiger partial charge is 0.588 e. The molecule has 13 heteroatoms. The molecule has 1 aliphatic heterocycles. The van der Waals surface area contributed by atoms with E-state index in [2.05, 4.69) is 20.8 Å². The number of esters is 2. The number of benzene rings is 3. The van der Waals surface area contributed by atoms with Crippen molar-refractivity contribution in [2.24, 2.45) is 0 Å². The van der Waals surface area contributed by atoms with E-state index in [0.717, 1.165) is 37.1 Å². The number of piperazine rings is 1. The highest BCUT2D eigenvalue weighted by Gasteiger charge is 2.31. The number of amides is 1. The van der Waals surface area contributed by atoms with Gasteiger partial charge in [-0.2, -0.15) is 4.31 Å². The third-order valence-corrected chi connectivity index (χ3v) is 13.1. The summed E-state index contributed by atoms with van der Waals surface area (Å²) in [5, 5.41) is 2.77. The van der Waals surface area contributed by atoms with Crippen LogP contribution in [0.1, 0.15) is 47.8 Å². The number of halogens is 1. The zero-order chi connectivity index (χ0) is 35.4. The lowest BCUT2D eigenvalue weighted by Gasteiger charge is -2.38. The first-order valence-corrected chi connectivity index (χ1v) is 19.7. The Morgan fingerprint density at radius 3 is 2.38 bits per heavy atom. The molecule has 1 amide bonds. The number of methoxy groups -OCH3 is 1. The molecule has 0 N–H and O–H groups in total. The molecule has 1 aliphatic rings. The van der Waals surface area contributed by atoms with E-state index >= 15 is 0 Å². The molecule has 50 heavy (non-hydrogen) atoms. The molecule has 5 aromatic rings. The minimum atomic E-state index is -1.63. The van der Waals surface area contributed by atoms with Gasteiger partial charge >= 0.3 is 11.9 Å². The van der Waals surface area contributed by atoms with E-state index in [9.17, 15) is 18.9 Å². The number of fused-ring (bicyclic) bond motifs is 1. The molecule has 1 fully saturated rings. The van der Waals surface area contributed by atoms with E-state index in [0.29, 0.717) is 66.0 Å². The topological polar surface area (TPSA) is 102 Å². The molecule has 0 aliphatic carbocycles. The maximum Gasteiger partial charge on any atom is 0.348 e. The highest BCUT2D eigenvalue weighted by atomic mass is 79.9. The van der Waals surface area contributed by atoms with Crippen molar-refractivity contribution in [3.05, 3.63) is 109 Å². The Hall–Kier alpha value is -3.88. The van der Waals surface area contributed by atoms with Crippen LogP contribution in [0.25, 0.3) is 10.1 Å². The van der Waals surface area contributed by atoms with Crippen LogP contribution in [-0.4, -0.2) is 73.7 Å². The minimum Gasteiger partial charge on any atom is -0.588 e. The van der Waals surface area contributed by atoms with Crippen molar-refractivity contribution in [3.8, 4) is 0 Å². The first kappa shape index (κ1) is 35.9. The maximum absolute atomic E-state index is 14.7. The molecule has 0 bridgehead atoms. The number of anilines is 2. The third-order valence-electron chi connectivity index (χ3n) is 8.62. The Morgan fingerprint density at radius 2 is 1.70 bits per heavy atom. The van der Waals surface area contributed by atoms with Crippen molar-refractivity contribution in [3.63, 3.8) is 0 Å². The van der Waals surface area contributed by atoms with Gasteiger partial charge in [-0.3, -0.25) is 4.79 Å². The fourth-order valence-corrected chi connectivity index (χ4v) is 9.80. The summed E-state index contributed by atoms with van der Waals surface area (Å²) in [6.45, 7) is 6.75. The standard InChI is InChI=1S/C37H36BrN3O6S3/c1-4-47-37(44)33-24(2)28-23-27(13-14-32(28)49-33)50(45)41(17-15-25-9-11-26(12-10-25)36(43)46-3)31-8-6-5-7-30(31)39-18-20-40(21-19-39)35(42)34-29(38)16-22-48-34/h5-14,16,22-23H,4,15,17-21H2,1-3H3. The van der Waals surface area contributed by atoms with E-state index in [1.807, 2.05) is 82.2 Å². The van der Waals surface area contributed by atoms with Gasteiger partial charge in [-0.25, -0.2) is 9.59 Å². The smallest absolute Gasteiger partial charge is 0.348 e. The van der Waals surface area contributed by atoms with Crippen molar-refractivity contribution in [2.75, 3.05) is 55.6 Å². The van der Waals surface area contributed by atoms with Crippen molar-refractivity contribution >= 4 is 89.3 Å². The molecular weight excluding hydrogens is 759 g/mol. The molecule has 3 aromatic carbocycles. The first-order chi connectivity index (χ1) is 24.2. The third kappa shape index (κ3) is 7.57. The maximum atomic E-state index is 14.7. The number of ether oxygens (including phenoxy) is 2. The zero-order valence-corrected chi connectivity index (χ0v) is 31.9. The fraction of sp³-hybridized carbons (Fsp3) is 0.270. The van der Waals surface area contributed by atoms with Gasteiger partial charge in [0.2, 0.25) is 0 Å². The molecule has 1 saturated heterocycles. The number of aryl methyl sites for hydroxylation is 1. The molecule has 0 saturated carbocycles. The highest BCUT2D eigenvalue weighted by molar-refractivity contribution is 9.10. The van der Waals surface area contributed by atoms with Crippen molar-refractivity contribution in [1.82, 2.24) is 4.90 Å². The molecule has 1 unspecified atom stereocenters. The van der Waals surface area contributed by atoms with E-state index in [-0.39, 0.29) is 11.9 Å². The number of carbonyl (C=O) groups excluding carboxylic acids is 3. The van der Waals surface area contributed by atoms with E-state index in [1.165, 1.54) is 29.8 Å². The van der Waals surface area contributed by atoms with Crippen molar-refractivity contribution < 1.29 is 28.4 Å². The Morgan fingerprint density at radius 1 is 0.960 bits per heavy atom. The molecule has 0 spiro atoms. The molecule has 1 atom stereocenters. The van der Waals surface area contributed by atoms with Crippen molar-refractivity contribution in [2.45, 2.75) is 25.2 Å². The number of para-hydroxylation sites is 2. The van der Waals surface area contributed by atoms with Gasteiger partial charge in [0.05, 0.1) is 31.5 Å². The number of thiophene rings is 2. The fourth-order valence-electron chi connectivity index (χ4n) is 5.96. The average molecular weight is 795 g/mol. The molecule has 3 heterocycles. The van der Waals surface area contributed by atoms with Gasteiger partial charge in [-0.15, -0.1) is 22.7 Å². The van der Waals surface area contributed by atoms with Crippen LogP contribution in [0.4, 0.5) is 11.4 Å². The van der Waals surface area contributed by atoms with Gasteiger partial charge in [0.25, 0.3) is 5.91 Å². The molecule has 6 rings (SSSR count). The van der Waals surface area contributed by atoms with Crippen LogP contribution in [0.3, 0.4) is 0 Å². The van der Waals surface area contributed by atoms with Gasteiger partial charge in [-0.05, 0) is 95.2 Å². The summed E-state index contributed by atoms with van der Waals surface area (Å²) in [4.78, 5) is 43.8. The number of carbonyl (C=O) groups is 3. The van der Waals surface area contributed by atoms with Crippen LogP contribution in [0.2, 0.25) is 0 Å². The SMILES string of the molecule is CCOC(=O)c1sc2ccc([S+]([O-])N(CCc3ccc(C(=O)OC)cc3)c3ccccc3N3CCN(C(=O)c4sccc4Br)CC3)cc2c1C. The quantitative estimate of drug-likeness (QED) is 0.0990. The lowest BCUT2D eigenvalue weighted by atomic mass is 10.1. The van der Waals surface area contributed by atoms with E-state index in [1.54, 1.807) is 19.1 Å². The predicted octanol–water partition coefficient (Wildman–Crippen LogP) is 7.73. The Balaban J connectivity index is 1.30. The molecule has 260 valence electrons. The summed E-state index contributed by atoms with van der Waals surface area (Å²) in [6.07, 6.45) is 0.562. The van der Waals surface area contributed by atoms with Crippen LogP contribution < -0.4 is 9.21 Å². The van der Waals surface area contributed by atoms with Gasteiger partial charge in [0.1, 0.15) is 26.8 Å². The van der Waals surface area contributed by atoms with Crippen LogP contribution in [-0.2, 0) is 27.3 Å². The number of hydrogen-bond acceptors (Lipinski definition) is 10. The summed E-state index contributed by atoms with van der Waals surface area (Å²) < 4.78 is 28.5. The number of nitrogens with zero attached hydrogens (tertiary/aromatic N) is 3. The van der Waals surface area contributed by atoms with Crippen LogP contribution in [0.5, 0.6) is 0 Å². The molecule has 9 nitrogen and oxygen atoms in total. The Bertz CT molecular complexity index is 2010. The van der Waals surface area contributed by atoms with Crippen LogP contribution in [0.15, 0.2) is 87.5 Å². The predicted molar refractivity (Wildman–Crippen MR) is 204 cm³/mol. The number of hydrogen-bond donors (Lipinski definition) is 0. The minimum absolute atomic E-state index is 0.0194. The van der Waals surface area contributed by atoms with Gasteiger partial charge in [0.15, 0.2) is 4.90 Å². The average Bonchev–Trinajstić information content (AvgIpc) is 3.73. The van der Waals surface area contributed by atoms with E-state index in [4.69, 9.17) is 9.47 Å². The van der Waals surface area contributed by atoms with Crippen LogP contribution >= 0.6 is 38.6 Å². The summed E-state index contributed by atoms with van der Waals surface area (Å²) >= 11 is 4.67. The monoisotopic (exact) mass is 793 g/mol. The van der Waals surface area contributed by atoms with Crippen molar-refractivity contribution in [1.29, 1.82) is 0 Å². The Kier molecular flexibility index (Phi) is 11.5. The normalized spacial score (nSPS) is 13.7. The van der Waals surface area contributed by atoms with Gasteiger partial charge in [-0.1, -0.05) is 24.3 Å². The second-order valence-electron chi connectivity index (χ2n) is 11.6. The van der Waals surface area contributed by atoms with E-state index < -0.39 is 17.3 Å². The summed E-state index contributed by atoms with van der Waals surface area (Å²) in [5.74, 6) is -0.735. The first-order valence-electron chi connectivity index (χ1n) is 16.1. The lowest BCUT2D eigenvalue weighted by molar-refractivity contribution is 0.0530. The summed E-state index contributed by atoms with van der Waals surface area (Å²) in [5.41, 5.74) is 4.00. The van der Waals surface area contributed by atoms with Gasteiger partial charge < -0.3 is 23.8 Å². The zero-order valence-electron chi connectivity index (χ0n) is 27.8. The van der Waals surface area contributed by atoms with Gasteiger partial charge in [0, 0.05) is 46.8 Å². The lowest BCUT2D eigenvalue weighted by Crippen LogP contribution is -2.49. The summed E-state index contributed by atoms with van der Waals surface area (Å²) in [7, 11) is 1.36. The second-order valence-corrected chi connectivity index (χ2v) is 15.8. The molecule has 2 aromatic heterocycles.